The van der Waals surface area contributed by atoms with Gasteiger partial charge in [-0.25, -0.2) is 14.4 Å². The van der Waals surface area contributed by atoms with E-state index in [9.17, 15) is 14.4 Å². The van der Waals surface area contributed by atoms with Crippen molar-refractivity contribution in [3.63, 3.8) is 0 Å². The summed E-state index contributed by atoms with van der Waals surface area (Å²) in [5, 5.41) is 0. The number of aliphatic imine (C=N–C) groups is 1. The Kier molecular flexibility index (Phi) is 12.8. The van der Waals surface area contributed by atoms with Gasteiger partial charge in [-0.3, -0.25) is 0 Å². The van der Waals surface area contributed by atoms with Crippen LogP contribution in [-0.4, -0.2) is 63.2 Å². The Morgan fingerprint density at radius 1 is 0.920 bits per heavy atom. The summed E-state index contributed by atoms with van der Waals surface area (Å²) < 4.78 is 20.5. The first-order chi connectivity index (χ1) is 12.0. The Bertz CT molecular complexity index is 473. The maximum Gasteiger partial charge on any atom is 0.330 e. The van der Waals surface area contributed by atoms with Crippen LogP contribution >= 0.6 is 0 Å². The highest BCUT2D eigenvalue weighted by molar-refractivity contribution is 5.82. The Morgan fingerprint density at radius 2 is 1.36 bits per heavy atom. The lowest BCUT2D eigenvalue weighted by Gasteiger charge is -2.23. The molecule has 0 bridgehead atoms. The first-order valence-electron chi connectivity index (χ1n) is 7.81. The van der Waals surface area contributed by atoms with E-state index >= 15 is 0 Å². The standard InChI is InChI=1S/C17H25NO7/c1-4-6-15(20)24-10-8-22-12-17(3,18-14-19)13-23-9-11-25-16(21)7-5-2/h4-7H,8-13H2,1-3H3. The van der Waals surface area contributed by atoms with Gasteiger partial charge in [0, 0.05) is 12.2 Å². The average Bonchev–Trinajstić information content (AvgIpc) is 2.55. The van der Waals surface area contributed by atoms with Gasteiger partial charge in [-0.1, -0.05) is 12.2 Å². The Morgan fingerprint density at radius 3 is 1.72 bits per heavy atom. The molecule has 0 aromatic heterocycles. The van der Waals surface area contributed by atoms with Crippen LogP contribution in [0.15, 0.2) is 29.3 Å². The maximum absolute atomic E-state index is 11.1. The summed E-state index contributed by atoms with van der Waals surface area (Å²) in [4.78, 5) is 36.5. The summed E-state index contributed by atoms with van der Waals surface area (Å²) in [6.07, 6.45) is 7.24. The number of nitrogens with zero attached hydrogens (tertiary/aromatic N) is 1. The molecule has 8 nitrogen and oxygen atoms in total. The molecular weight excluding hydrogens is 330 g/mol. The fourth-order valence-electron chi connectivity index (χ4n) is 1.57. The van der Waals surface area contributed by atoms with Crippen LogP contribution in [0.5, 0.6) is 0 Å². The largest absolute Gasteiger partial charge is 0.460 e. The van der Waals surface area contributed by atoms with Gasteiger partial charge in [0.25, 0.3) is 0 Å². The smallest absolute Gasteiger partial charge is 0.330 e. The van der Waals surface area contributed by atoms with E-state index in [2.05, 4.69) is 4.99 Å². The van der Waals surface area contributed by atoms with Crippen molar-refractivity contribution in [1.29, 1.82) is 0 Å². The topological polar surface area (TPSA) is 100 Å². The maximum atomic E-state index is 11.1. The molecule has 8 heteroatoms. The molecule has 0 saturated carbocycles. The first-order valence-corrected chi connectivity index (χ1v) is 7.81. The van der Waals surface area contributed by atoms with Crippen molar-refractivity contribution in [2.45, 2.75) is 26.3 Å². The number of esters is 2. The summed E-state index contributed by atoms with van der Waals surface area (Å²) in [6.45, 7) is 5.75. The number of ether oxygens (including phenoxy) is 4. The third-order valence-corrected chi connectivity index (χ3v) is 2.69. The van der Waals surface area contributed by atoms with E-state index in [1.165, 1.54) is 18.2 Å². The summed E-state index contributed by atoms with van der Waals surface area (Å²) in [5.41, 5.74) is -0.928. The summed E-state index contributed by atoms with van der Waals surface area (Å²) in [7, 11) is 0. The molecule has 0 radical (unpaired) electrons. The summed E-state index contributed by atoms with van der Waals surface area (Å²) >= 11 is 0. The molecule has 0 aliphatic carbocycles. The number of carbonyl (C=O) groups is 2. The lowest BCUT2D eigenvalue weighted by Crippen LogP contribution is -2.35. The minimum absolute atomic E-state index is 0.0851. The quantitative estimate of drug-likeness (QED) is 0.162. The Balaban J connectivity index is 4.04. The van der Waals surface area contributed by atoms with E-state index in [1.54, 1.807) is 32.9 Å². The minimum atomic E-state index is -0.928. The molecule has 0 aliphatic heterocycles. The third-order valence-electron chi connectivity index (χ3n) is 2.69. The Hall–Kier alpha value is -2.28. The van der Waals surface area contributed by atoms with Crippen molar-refractivity contribution >= 4 is 18.0 Å². The van der Waals surface area contributed by atoms with Crippen molar-refractivity contribution in [3.05, 3.63) is 24.3 Å². The fourth-order valence-corrected chi connectivity index (χ4v) is 1.57. The molecule has 0 aliphatic rings. The molecule has 0 atom stereocenters. The van der Waals surface area contributed by atoms with Crippen LogP contribution in [0.25, 0.3) is 0 Å². The SMILES string of the molecule is CC=CC(=O)OCCOCC(C)(COCCOC(=O)C=CC)N=C=O. The van der Waals surface area contributed by atoms with E-state index in [4.69, 9.17) is 18.9 Å². The number of allylic oxidation sites excluding steroid dienone is 2. The fraction of sp³-hybridized carbons (Fsp3) is 0.588. The lowest BCUT2D eigenvalue weighted by molar-refractivity contribution is -0.139. The summed E-state index contributed by atoms with van der Waals surface area (Å²) in [5.74, 6) is -0.897. The highest BCUT2D eigenvalue weighted by Gasteiger charge is 2.24. The number of rotatable bonds is 13. The molecule has 0 amide bonds. The zero-order valence-electron chi connectivity index (χ0n) is 14.9. The van der Waals surface area contributed by atoms with Crippen molar-refractivity contribution in [1.82, 2.24) is 0 Å². The van der Waals surface area contributed by atoms with Crippen molar-refractivity contribution < 1.29 is 33.3 Å². The summed E-state index contributed by atoms with van der Waals surface area (Å²) in [6, 6.07) is 0. The van der Waals surface area contributed by atoms with Crippen LogP contribution in [0.4, 0.5) is 0 Å². The van der Waals surface area contributed by atoms with Crippen LogP contribution in [0.3, 0.4) is 0 Å². The van der Waals surface area contributed by atoms with Gasteiger partial charge in [-0.15, -0.1) is 0 Å². The van der Waals surface area contributed by atoms with Crippen LogP contribution in [0.1, 0.15) is 20.8 Å². The number of carbonyl (C=O) groups excluding carboxylic acids is 3. The molecule has 0 spiro atoms. The van der Waals surface area contributed by atoms with E-state index in [-0.39, 0.29) is 39.6 Å². The molecule has 0 N–H and O–H groups in total. The van der Waals surface area contributed by atoms with Gasteiger partial charge in [-0.05, 0) is 20.8 Å². The van der Waals surface area contributed by atoms with Gasteiger partial charge in [0.05, 0.1) is 26.4 Å². The average molecular weight is 355 g/mol. The molecule has 0 saturated heterocycles. The van der Waals surface area contributed by atoms with Gasteiger partial charge in [0.15, 0.2) is 0 Å². The van der Waals surface area contributed by atoms with Gasteiger partial charge >= 0.3 is 11.9 Å². The van der Waals surface area contributed by atoms with Gasteiger partial charge in [-0.2, -0.15) is 4.99 Å². The molecule has 140 valence electrons. The predicted octanol–water partition coefficient (Wildman–Crippen LogP) is 1.35. The second-order valence-electron chi connectivity index (χ2n) is 5.14. The van der Waals surface area contributed by atoms with Crippen molar-refractivity contribution in [2.24, 2.45) is 4.99 Å². The first kappa shape index (κ1) is 22.7. The third kappa shape index (κ3) is 12.8. The molecule has 0 unspecified atom stereocenters. The van der Waals surface area contributed by atoms with Crippen LogP contribution in [0.2, 0.25) is 0 Å². The zero-order valence-corrected chi connectivity index (χ0v) is 14.9. The lowest BCUT2D eigenvalue weighted by atomic mass is 10.1. The van der Waals surface area contributed by atoms with Crippen LogP contribution in [-0.2, 0) is 33.3 Å². The van der Waals surface area contributed by atoms with E-state index in [0.717, 1.165) is 0 Å². The van der Waals surface area contributed by atoms with E-state index in [1.807, 2.05) is 0 Å². The van der Waals surface area contributed by atoms with Gasteiger partial charge in [0.1, 0.15) is 18.8 Å². The monoisotopic (exact) mass is 355 g/mol. The highest BCUT2D eigenvalue weighted by Crippen LogP contribution is 2.11. The number of isocyanates is 1. The van der Waals surface area contributed by atoms with Crippen LogP contribution < -0.4 is 0 Å². The predicted molar refractivity (Wildman–Crippen MR) is 89.7 cm³/mol. The molecule has 25 heavy (non-hydrogen) atoms. The van der Waals surface area contributed by atoms with Crippen molar-refractivity contribution in [2.75, 3.05) is 39.6 Å². The normalized spacial score (nSPS) is 13.4. The van der Waals surface area contributed by atoms with Gasteiger partial charge < -0.3 is 18.9 Å². The molecule has 0 aromatic carbocycles. The minimum Gasteiger partial charge on any atom is -0.460 e. The highest BCUT2D eigenvalue weighted by atomic mass is 16.6. The Labute approximate surface area is 147 Å². The van der Waals surface area contributed by atoms with Crippen molar-refractivity contribution in [3.8, 4) is 0 Å². The van der Waals surface area contributed by atoms with Crippen LogP contribution in [0, 0.1) is 0 Å². The second-order valence-corrected chi connectivity index (χ2v) is 5.14. The molecule has 0 heterocycles. The second kappa shape index (κ2) is 14.1. The van der Waals surface area contributed by atoms with E-state index in [0.29, 0.717) is 0 Å². The molecule has 0 aromatic rings. The number of hydrogen-bond acceptors (Lipinski definition) is 8. The van der Waals surface area contributed by atoms with E-state index < -0.39 is 17.5 Å². The zero-order chi connectivity index (χ0) is 19.0. The molecule has 0 rings (SSSR count). The number of hydrogen-bond donors (Lipinski definition) is 0. The molecule has 0 fully saturated rings. The van der Waals surface area contributed by atoms with Gasteiger partial charge in [0.2, 0.25) is 6.08 Å². The molecular formula is C17H25NO7.